The third-order valence-corrected chi connectivity index (χ3v) is 6.94. The van der Waals surface area contributed by atoms with Gasteiger partial charge in [0.15, 0.2) is 5.82 Å². The molecule has 0 radical (unpaired) electrons. The quantitative estimate of drug-likeness (QED) is 0.290. The van der Waals surface area contributed by atoms with Gasteiger partial charge < -0.3 is 15.4 Å². The second-order valence-electron chi connectivity index (χ2n) is 7.69. The topological polar surface area (TPSA) is 108 Å². The number of carbonyl (C=O) groups is 2. The number of aromatic nitrogens is 2. The average Bonchev–Trinajstić information content (AvgIpc) is 3.28. The van der Waals surface area contributed by atoms with Crippen molar-refractivity contribution in [2.75, 3.05) is 50.0 Å². The summed E-state index contributed by atoms with van der Waals surface area (Å²) in [5.41, 5.74) is 0.964. The Kier molecular flexibility index (Phi) is 8.89. The summed E-state index contributed by atoms with van der Waals surface area (Å²) in [7, 11) is 0. The van der Waals surface area contributed by atoms with E-state index in [-0.39, 0.29) is 5.91 Å². The van der Waals surface area contributed by atoms with Crippen molar-refractivity contribution in [2.45, 2.75) is 6.42 Å². The van der Waals surface area contributed by atoms with Gasteiger partial charge in [-0.15, -0.1) is 11.3 Å². The van der Waals surface area contributed by atoms with Crippen LogP contribution in [0, 0.1) is 0 Å². The molecule has 1 saturated heterocycles. The normalized spacial score (nSPS) is 14.3. The van der Waals surface area contributed by atoms with Gasteiger partial charge in [-0.1, -0.05) is 29.3 Å². The summed E-state index contributed by atoms with van der Waals surface area (Å²) in [5, 5.41) is 8.89. The number of thiophene rings is 1. The number of carbonyl (C=O) groups excluding carboxylic acids is 2. The number of nitrogens with one attached hydrogen (secondary N) is 3. The fraction of sp³-hybridized carbons (Fsp3) is 0.304. The molecule has 0 bridgehead atoms. The second kappa shape index (κ2) is 12.3. The van der Waals surface area contributed by atoms with Gasteiger partial charge in [0.2, 0.25) is 5.91 Å². The molecule has 0 aliphatic carbocycles. The van der Waals surface area contributed by atoms with Crippen LogP contribution in [0.2, 0.25) is 10.0 Å². The van der Waals surface area contributed by atoms with Gasteiger partial charge in [-0.2, -0.15) is 0 Å². The van der Waals surface area contributed by atoms with E-state index in [1.54, 1.807) is 24.3 Å². The van der Waals surface area contributed by atoms with Crippen molar-refractivity contribution in [3.63, 3.8) is 0 Å². The van der Waals surface area contributed by atoms with Gasteiger partial charge in [-0.05, 0) is 37.2 Å². The van der Waals surface area contributed by atoms with Crippen LogP contribution in [0.25, 0.3) is 16.3 Å². The van der Waals surface area contributed by atoms with Gasteiger partial charge in [0.1, 0.15) is 6.33 Å². The highest BCUT2D eigenvalue weighted by atomic mass is 35.5. The van der Waals surface area contributed by atoms with E-state index in [9.17, 15) is 9.59 Å². The number of para-hydroxylation sites is 1. The molecule has 0 saturated carbocycles. The molecule has 0 spiro atoms. The van der Waals surface area contributed by atoms with Gasteiger partial charge in [0.25, 0.3) is 0 Å². The van der Waals surface area contributed by atoms with Crippen LogP contribution in [0.1, 0.15) is 11.3 Å². The number of fused-ring (bicyclic) bond motifs is 1. The minimum absolute atomic E-state index is 0.162. The lowest BCUT2D eigenvalue weighted by Gasteiger charge is -2.26. The molecule has 0 atom stereocenters. The van der Waals surface area contributed by atoms with Crippen LogP contribution in [0.3, 0.4) is 0 Å². The predicted molar refractivity (Wildman–Crippen MR) is 140 cm³/mol. The summed E-state index contributed by atoms with van der Waals surface area (Å²) in [5.74, 6) is 0.178. The molecule has 12 heteroatoms. The lowest BCUT2D eigenvalue weighted by atomic mass is 10.3. The van der Waals surface area contributed by atoms with Crippen molar-refractivity contribution in [3.05, 3.63) is 51.6 Å². The van der Waals surface area contributed by atoms with E-state index in [0.717, 1.165) is 44.1 Å². The highest BCUT2D eigenvalue weighted by molar-refractivity contribution is 7.20. The van der Waals surface area contributed by atoms with Crippen LogP contribution in [0.5, 0.6) is 0 Å². The fourth-order valence-corrected chi connectivity index (χ4v) is 4.92. The maximum absolute atomic E-state index is 12.5. The Morgan fingerprint density at radius 1 is 1.14 bits per heavy atom. The largest absolute Gasteiger partial charge is 0.379 e. The fourth-order valence-electron chi connectivity index (χ4n) is 3.47. The predicted octanol–water partition coefficient (Wildman–Crippen LogP) is 4.49. The van der Waals surface area contributed by atoms with E-state index in [2.05, 4.69) is 30.8 Å². The van der Waals surface area contributed by atoms with Gasteiger partial charge in [-0.25, -0.2) is 14.8 Å². The molecule has 4 rings (SSSR count). The number of rotatable bonds is 8. The number of anilines is 2. The molecule has 3 amide bonds. The first-order chi connectivity index (χ1) is 17.0. The molecule has 1 aliphatic heterocycles. The number of hydrogen-bond acceptors (Lipinski definition) is 7. The van der Waals surface area contributed by atoms with Crippen LogP contribution in [-0.2, 0) is 9.53 Å². The highest BCUT2D eigenvalue weighted by Gasteiger charge is 2.14. The van der Waals surface area contributed by atoms with Crippen molar-refractivity contribution in [1.82, 2.24) is 20.2 Å². The van der Waals surface area contributed by atoms with Crippen LogP contribution in [0.4, 0.5) is 16.3 Å². The Morgan fingerprint density at radius 3 is 2.69 bits per heavy atom. The van der Waals surface area contributed by atoms with Crippen LogP contribution < -0.4 is 16.0 Å². The first kappa shape index (κ1) is 25.3. The molecule has 1 fully saturated rings. The third kappa shape index (κ3) is 7.12. The molecule has 184 valence electrons. The molecule has 3 heterocycles. The second-order valence-corrected chi connectivity index (χ2v) is 9.59. The van der Waals surface area contributed by atoms with E-state index < -0.39 is 6.03 Å². The van der Waals surface area contributed by atoms with E-state index in [1.165, 1.54) is 23.7 Å². The SMILES string of the molecule is O=C(/C=C/c1cc2ncnc(NC(=O)Nc3c(Cl)cccc3Cl)c2s1)NCCCN1CCOCC1. The van der Waals surface area contributed by atoms with Gasteiger partial charge in [0, 0.05) is 30.6 Å². The number of nitrogens with zero attached hydrogens (tertiary/aromatic N) is 3. The van der Waals surface area contributed by atoms with Crippen molar-refractivity contribution in [2.24, 2.45) is 0 Å². The van der Waals surface area contributed by atoms with E-state index in [4.69, 9.17) is 27.9 Å². The van der Waals surface area contributed by atoms with Gasteiger partial charge in [-0.3, -0.25) is 15.0 Å². The molecule has 9 nitrogen and oxygen atoms in total. The Balaban J connectivity index is 1.32. The number of halogens is 2. The molecule has 1 aliphatic rings. The summed E-state index contributed by atoms with van der Waals surface area (Å²) < 4.78 is 6.02. The zero-order valence-electron chi connectivity index (χ0n) is 18.7. The Morgan fingerprint density at radius 2 is 1.91 bits per heavy atom. The summed E-state index contributed by atoms with van der Waals surface area (Å²) in [6, 6.07) is 6.24. The standard InChI is InChI=1S/C23H24Cl2N6O3S/c24-16-3-1-4-17(25)20(16)29-23(33)30-22-21-18(27-14-28-22)13-15(35-21)5-6-19(32)26-7-2-8-31-9-11-34-12-10-31/h1,3-6,13-14H,2,7-12H2,(H,26,32)(H2,27,28,29,30,33)/b6-5+. The first-order valence-corrected chi connectivity index (χ1v) is 12.6. The first-order valence-electron chi connectivity index (χ1n) is 11.0. The van der Waals surface area contributed by atoms with Crippen LogP contribution >= 0.6 is 34.5 Å². The van der Waals surface area contributed by atoms with Gasteiger partial charge >= 0.3 is 6.03 Å². The van der Waals surface area contributed by atoms with E-state index >= 15 is 0 Å². The maximum atomic E-state index is 12.5. The monoisotopic (exact) mass is 534 g/mol. The third-order valence-electron chi connectivity index (χ3n) is 5.22. The lowest BCUT2D eigenvalue weighted by Crippen LogP contribution is -2.38. The number of hydrogen-bond donors (Lipinski definition) is 3. The summed E-state index contributed by atoms with van der Waals surface area (Å²) in [4.78, 5) is 36.3. The molecule has 0 unspecified atom stereocenters. The zero-order chi connectivity index (χ0) is 24.6. The van der Waals surface area contributed by atoms with Crippen molar-refractivity contribution in [3.8, 4) is 0 Å². The average molecular weight is 535 g/mol. The van der Waals surface area contributed by atoms with Crippen LogP contribution in [0.15, 0.2) is 36.7 Å². The van der Waals surface area contributed by atoms with Crippen molar-refractivity contribution in [1.29, 1.82) is 0 Å². The minimum atomic E-state index is -0.540. The number of amides is 3. The zero-order valence-corrected chi connectivity index (χ0v) is 21.1. The Bertz CT molecular complexity index is 1210. The van der Waals surface area contributed by atoms with Crippen molar-refractivity contribution < 1.29 is 14.3 Å². The van der Waals surface area contributed by atoms with Gasteiger partial charge in [0.05, 0.1) is 39.2 Å². The number of ether oxygens (including phenoxy) is 1. The molecule has 3 N–H and O–H groups in total. The molecule has 1 aromatic carbocycles. The summed E-state index contributed by atoms with van der Waals surface area (Å²) >= 11 is 13.6. The lowest BCUT2D eigenvalue weighted by molar-refractivity contribution is -0.116. The molecule has 2 aromatic heterocycles. The Hall–Kier alpha value is -2.76. The number of benzene rings is 1. The minimum Gasteiger partial charge on any atom is -0.379 e. The molecular weight excluding hydrogens is 511 g/mol. The Labute approximate surface area is 216 Å². The van der Waals surface area contributed by atoms with Crippen LogP contribution in [-0.4, -0.2) is 66.2 Å². The summed E-state index contributed by atoms with van der Waals surface area (Å²) in [6.07, 6.45) is 5.46. The highest BCUT2D eigenvalue weighted by Crippen LogP contribution is 2.32. The maximum Gasteiger partial charge on any atom is 0.324 e. The molecular formula is C23H24Cl2N6O3S. The smallest absolute Gasteiger partial charge is 0.324 e. The number of urea groups is 1. The molecule has 35 heavy (non-hydrogen) atoms. The number of morpholine rings is 1. The summed E-state index contributed by atoms with van der Waals surface area (Å²) in [6.45, 7) is 4.97. The van der Waals surface area contributed by atoms with E-state index in [0.29, 0.717) is 38.3 Å². The van der Waals surface area contributed by atoms with Crippen molar-refractivity contribution >= 4 is 74.3 Å². The molecule has 3 aromatic rings. The van der Waals surface area contributed by atoms with E-state index in [1.807, 2.05) is 6.07 Å².